The summed E-state index contributed by atoms with van der Waals surface area (Å²) in [6.45, 7) is 4.98. The van der Waals surface area contributed by atoms with Gasteiger partial charge in [-0.1, -0.05) is 19.1 Å². The van der Waals surface area contributed by atoms with Crippen LogP contribution in [0.3, 0.4) is 0 Å². The molecule has 2 unspecified atom stereocenters. The molecule has 2 rings (SSSR count). The zero-order chi connectivity index (χ0) is 9.80. The molecule has 1 N–H and O–H groups in total. The van der Waals surface area contributed by atoms with Crippen LogP contribution >= 0.6 is 0 Å². The third-order valence-corrected chi connectivity index (χ3v) is 4.18. The second-order valence-corrected chi connectivity index (χ2v) is 4.99. The van der Waals surface area contributed by atoms with Crippen molar-refractivity contribution in [3.63, 3.8) is 0 Å². The molecule has 0 aromatic rings. The number of piperidine rings is 1. The first kappa shape index (κ1) is 10.2. The lowest BCUT2D eigenvalue weighted by Gasteiger charge is -2.34. The molecule has 1 nitrogen and oxygen atoms in total. The molecule has 1 heteroatoms. The average molecular weight is 193 g/mol. The fourth-order valence-electron chi connectivity index (χ4n) is 3.05. The van der Waals surface area contributed by atoms with Crippen LogP contribution in [0.4, 0.5) is 0 Å². The molecule has 14 heavy (non-hydrogen) atoms. The van der Waals surface area contributed by atoms with Crippen molar-refractivity contribution < 1.29 is 0 Å². The van der Waals surface area contributed by atoms with Gasteiger partial charge in [-0.05, 0) is 62.9 Å². The highest BCUT2D eigenvalue weighted by atomic mass is 14.9. The normalized spacial score (nSPS) is 31.6. The molecule has 1 fully saturated rings. The largest absolute Gasteiger partial charge is 0.317 e. The van der Waals surface area contributed by atoms with Crippen molar-refractivity contribution in [3.05, 3.63) is 12.2 Å². The van der Waals surface area contributed by atoms with E-state index in [1.54, 1.807) is 0 Å². The third kappa shape index (κ3) is 2.38. The lowest BCUT2D eigenvalue weighted by atomic mass is 9.74. The lowest BCUT2D eigenvalue weighted by Crippen LogP contribution is -2.33. The van der Waals surface area contributed by atoms with Crippen molar-refractivity contribution >= 4 is 0 Å². The minimum absolute atomic E-state index is 0.946. The summed E-state index contributed by atoms with van der Waals surface area (Å²) in [6, 6.07) is 0. The van der Waals surface area contributed by atoms with Gasteiger partial charge in [-0.15, -0.1) is 0 Å². The summed E-state index contributed by atoms with van der Waals surface area (Å²) in [7, 11) is 0. The van der Waals surface area contributed by atoms with Crippen molar-refractivity contribution in [1.29, 1.82) is 0 Å². The van der Waals surface area contributed by atoms with E-state index in [9.17, 15) is 0 Å². The Kier molecular flexibility index (Phi) is 3.63. The Labute approximate surface area is 88.0 Å². The van der Waals surface area contributed by atoms with E-state index in [0.717, 1.165) is 17.8 Å². The van der Waals surface area contributed by atoms with Gasteiger partial charge in [-0.3, -0.25) is 0 Å². The molecular formula is C13H23N. The van der Waals surface area contributed by atoms with Crippen LogP contribution in [0.5, 0.6) is 0 Å². The number of hydrogen-bond acceptors (Lipinski definition) is 1. The Balaban J connectivity index is 1.86. The van der Waals surface area contributed by atoms with E-state index >= 15 is 0 Å². The predicted octanol–water partition coefficient (Wildman–Crippen LogP) is 2.98. The molecule has 80 valence electrons. The number of allylic oxidation sites excluding steroid dienone is 2. The van der Waals surface area contributed by atoms with Crippen molar-refractivity contribution in [1.82, 2.24) is 5.32 Å². The molecule has 1 aliphatic carbocycles. The molecule has 2 atom stereocenters. The summed E-state index contributed by atoms with van der Waals surface area (Å²) in [5, 5.41) is 3.46. The van der Waals surface area contributed by atoms with E-state index in [1.807, 2.05) is 0 Å². The van der Waals surface area contributed by atoms with Crippen LogP contribution in [0.25, 0.3) is 0 Å². The summed E-state index contributed by atoms with van der Waals surface area (Å²) in [6.07, 6.45) is 11.6. The lowest BCUT2D eigenvalue weighted by molar-refractivity contribution is 0.191. The average Bonchev–Trinajstić information content (AvgIpc) is 2.30. The van der Waals surface area contributed by atoms with E-state index in [4.69, 9.17) is 0 Å². The molecular weight excluding hydrogens is 170 g/mol. The molecule has 1 aliphatic heterocycles. The fourth-order valence-corrected chi connectivity index (χ4v) is 3.05. The summed E-state index contributed by atoms with van der Waals surface area (Å²) >= 11 is 0. The molecule has 1 saturated heterocycles. The van der Waals surface area contributed by atoms with Gasteiger partial charge in [0.25, 0.3) is 0 Å². The molecule has 1 heterocycles. The topological polar surface area (TPSA) is 12.0 Å². The van der Waals surface area contributed by atoms with Gasteiger partial charge in [0.2, 0.25) is 0 Å². The Morgan fingerprint density at radius 1 is 1.07 bits per heavy atom. The van der Waals surface area contributed by atoms with Crippen molar-refractivity contribution in [2.45, 2.75) is 39.0 Å². The molecule has 2 aliphatic rings. The first-order valence-corrected chi connectivity index (χ1v) is 6.23. The summed E-state index contributed by atoms with van der Waals surface area (Å²) in [5.41, 5.74) is 0. The molecule has 0 aromatic carbocycles. The molecule has 0 saturated carbocycles. The van der Waals surface area contributed by atoms with Gasteiger partial charge >= 0.3 is 0 Å². The SMILES string of the molecule is CC(C1CC=CCC1)C1CCNCC1. The number of hydrogen-bond donors (Lipinski definition) is 1. The predicted molar refractivity (Wildman–Crippen MR) is 61.2 cm³/mol. The monoisotopic (exact) mass is 193 g/mol. The van der Waals surface area contributed by atoms with Crippen LogP contribution < -0.4 is 5.32 Å². The van der Waals surface area contributed by atoms with E-state index in [0.29, 0.717) is 0 Å². The maximum absolute atomic E-state index is 3.46. The zero-order valence-electron chi connectivity index (χ0n) is 9.34. The Hall–Kier alpha value is -0.300. The molecule has 0 amide bonds. The Bertz CT molecular complexity index is 191. The van der Waals surface area contributed by atoms with Crippen LogP contribution in [0.1, 0.15) is 39.0 Å². The van der Waals surface area contributed by atoms with Gasteiger partial charge in [0.05, 0.1) is 0 Å². The van der Waals surface area contributed by atoms with Crippen LogP contribution in [-0.2, 0) is 0 Å². The minimum Gasteiger partial charge on any atom is -0.317 e. The molecule has 0 bridgehead atoms. The highest BCUT2D eigenvalue weighted by Crippen LogP contribution is 2.34. The number of rotatable bonds is 2. The third-order valence-electron chi connectivity index (χ3n) is 4.18. The second-order valence-electron chi connectivity index (χ2n) is 4.99. The van der Waals surface area contributed by atoms with E-state index in [2.05, 4.69) is 24.4 Å². The van der Waals surface area contributed by atoms with Crippen LogP contribution in [0.15, 0.2) is 12.2 Å². The van der Waals surface area contributed by atoms with Crippen molar-refractivity contribution in [2.75, 3.05) is 13.1 Å². The number of nitrogens with one attached hydrogen (secondary N) is 1. The zero-order valence-corrected chi connectivity index (χ0v) is 9.34. The van der Waals surface area contributed by atoms with Crippen LogP contribution in [0, 0.1) is 17.8 Å². The standard InChI is InChI=1S/C13H23N/c1-11(12-5-3-2-4-6-12)13-7-9-14-10-8-13/h2-3,11-14H,4-10H2,1H3. The van der Waals surface area contributed by atoms with Gasteiger partial charge in [-0.2, -0.15) is 0 Å². The highest BCUT2D eigenvalue weighted by Gasteiger charge is 2.26. The first-order valence-electron chi connectivity index (χ1n) is 6.23. The van der Waals surface area contributed by atoms with Gasteiger partial charge < -0.3 is 5.32 Å². The molecule has 0 spiro atoms. The fraction of sp³-hybridized carbons (Fsp3) is 0.846. The summed E-state index contributed by atoms with van der Waals surface area (Å²) in [5.74, 6) is 2.91. The maximum atomic E-state index is 3.46. The smallest absolute Gasteiger partial charge is 0.00462 e. The van der Waals surface area contributed by atoms with E-state index < -0.39 is 0 Å². The van der Waals surface area contributed by atoms with Gasteiger partial charge in [-0.25, -0.2) is 0 Å². The second kappa shape index (κ2) is 4.97. The van der Waals surface area contributed by atoms with E-state index in [-0.39, 0.29) is 0 Å². The Morgan fingerprint density at radius 3 is 2.50 bits per heavy atom. The van der Waals surface area contributed by atoms with Crippen LogP contribution in [-0.4, -0.2) is 13.1 Å². The Morgan fingerprint density at radius 2 is 1.86 bits per heavy atom. The summed E-state index contributed by atoms with van der Waals surface area (Å²) in [4.78, 5) is 0. The van der Waals surface area contributed by atoms with Crippen LogP contribution in [0.2, 0.25) is 0 Å². The van der Waals surface area contributed by atoms with Crippen molar-refractivity contribution in [2.24, 2.45) is 17.8 Å². The van der Waals surface area contributed by atoms with Gasteiger partial charge in [0.1, 0.15) is 0 Å². The quantitative estimate of drug-likeness (QED) is 0.665. The highest BCUT2D eigenvalue weighted by molar-refractivity contribution is 4.92. The van der Waals surface area contributed by atoms with Crippen molar-refractivity contribution in [3.8, 4) is 0 Å². The maximum Gasteiger partial charge on any atom is -0.00462 e. The minimum atomic E-state index is 0.946. The first-order chi connectivity index (χ1) is 6.88. The molecule has 0 aromatic heterocycles. The molecule has 0 radical (unpaired) electrons. The van der Waals surface area contributed by atoms with Gasteiger partial charge in [0, 0.05) is 0 Å². The van der Waals surface area contributed by atoms with Gasteiger partial charge in [0.15, 0.2) is 0 Å². The van der Waals surface area contributed by atoms with E-state index in [1.165, 1.54) is 45.2 Å². The summed E-state index contributed by atoms with van der Waals surface area (Å²) < 4.78 is 0.